The predicted molar refractivity (Wildman–Crippen MR) is 185 cm³/mol. The smallest absolute Gasteiger partial charge is 0.408 e. The summed E-state index contributed by atoms with van der Waals surface area (Å²) in [6.45, 7) is 14.4. The molecule has 1 aliphatic carbocycles. The van der Waals surface area contributed by atoms with Crippen molar-refractivity contribution in [3.8, 4) is 0 Å². The van der Waals surface area contributed by atoms with Crippen molar-refractivity contribution in [1.82, 2.24) is 31.1 Å². The standard InChI is InChI=1S/C36H54N6O8/c1-11-15-23(28(44)31(46)37-18-24(43)39-26(32(47)41(9)10)21-16-13-12-14-17-21)38-30(45)27-25-22(36(25,7)8)19-42(27)33(48)29(35(4,5)6)40-34(49)50-20(2)3/h12-14,16-17,20,22-23,25-27,29H,11,15,18-19H2,1-10H3,(H,37,46)(H,38,45)(H,39,43)(H,40,49)/t22-,23-,25?,26-,27-,29+/m0/s1. The molecule has 1 saturated carbocycles. The van der Waals surface area contributed by atoms with Gasteiger partial charge in [0.05, 0.1) is 18.7 Å². The van der Waals surface area contributed by atoms with Crippen LogP contribution in [0.4, 0.5) is 4.79 Å². The van der Waals surface area contributed by atoms with Crippen LogP contribution in [-0.4, -0.2) is 103 Å². The van der Waals surface area contributed by atoms with Gasteiger partial charge in [0, 0.05) is 20.6 Å². The van der Waals surface area contributed by atoms with Crippen molar-refractivity contribution >= 4 is 41.4 Å². The van der Waals surface area contributed by atoms with Crippen LogP contribution in [0, 0.1) is 22.7 Å². The molecule has 6 amide bonds. The minimum absolute atomic E-state index is 0.0339. The number of carbonyl (C=O) groups excluding carboxylic acids is 7. The number of alkyl carbamates (subject to hydrolysis) is 1. The van der Waals surface area contributed by atoms with Crippen LogP contribution in [-0.2, 0) is 33.5 Å². The molecule has 276 valence electrons. The average Bonchev–Trinajstić information content (AvgIpc) is 3.33. The first-order valence-electron chi connectivity index (χ1n) is 17.2. The lowest BCUT2D eigenvalue weighted by Gasteiger charge is -2.37. The number of nitrogens with one attached hydrogen (secondary N) is 4. The number of hydrogen-bond donors (Lipinski definition) is 4. The minimum atomic E-state index is -1.21. The van der Waals surface area contributed by atoms with Gasteiger partial charge in [-0.15, -0.1) is 0 Å². The molecule has 3 rings (SSSR count). The summed E-state index contributed by atoms with van der Waals surface area (Å²) in [5, 5.41) is 10.3. The largest absolute Gasteiger partial charge is 0.447 e. The number of amides is 6. The van der Waals surface area contributed by atoms with Gasteiger partial charge in [0.1, 0.15) is 18.1 Å². The van der Waals surface area contributed by atoms with E-state index < -0.39 is 77.7 Å². The number of piperidine rings is 1. The molecule has 0 spiro atoms. The molecule has 2 aliphatic rings. The topological polar surface area (TPSA) is 183 Å². The van der Waals surface area contributed by atoms with Gasteiger partial charge in [-0.2, -0.15) is 0 Å². The number of likely N-dealkylation sites (N-methyl/N-ethyl adjacent to an activating group) is 1. The monoisotopic (exact) mass is 698 g/mol. The molecule has 14 heteroatoms. The molecule has 1 heterocycles. The summed E-state index contributed by atoms with van der Waals surface area (Å²) in [5.74, 6) is -4.24. The van der Waals surface area contributed by atoms with Crippen molar-refractivity contribution in [2.45, 2.75) is 98.5 Å². The summed E-state index contributed by atoms with van der Waals surface area (Å²) in [6.07, 6.45) is -0.549. The third-order valence-electron chi connectivity index (χ3n) is 9.45. The second kappa shape index (κ2) is 16.0. The molecule has 2 fully saturated rings. The van der Waals surface area contributed by atoms with Crippen molar-refractivity contribution in [2.24, 2.45) is 22.7 Å². The van der Waals surface area contributed by atoms with E-state index in [1.165, 1.54) is 9.80 Å². The molecular weight excluding hydrogens is 644 g/mol. The SMILES string of the molecule is CCC[C@H](NC(=O)[C@@H]1C2[C@H](CN1C(=O)[C@@H](NC(=O)OC(C)C)C(C)(C)C)C2(C)C)C(=O)C(=O)NCC(=O)N[C@H](C(=O)N(C)C)c1ccccc1. The zero-order valence-electron chi connectivity index (χ0n) is 30.9. The molecule has 0 bridgehead atoms. The molecule has 14 nitrogen and oxygen atoms in total. The van der Waals surface area contributed by atoms with Gasteiger partial charge in [-0.25, -0.2) is 4.79 Å². The van der Waals surface area contributed by atoms with Crippen molar-refractivity contribution in [3.05, 3.63) is 35.9 Å². The average molecular weight is 699 g/mol. The fourth-order valence-electron chi connectivity index (χ4n) is 6.62. The van der Waals surface area contributed by atoms with Crippen LogP contribution in [0.15, 0.2) is 30.3 Å². The molecule has 1 aromatic carbocycles. The van der Waals surface area contributed by atoms with Crippen molar-refractivity contribution < 1.29 is 38.3 Å². The molecule has 50 heavy (non-hydrogen) atoms. The highest BCUT2D eigenvalue weighted by Gasteiger charge is 2.70. The number of ether oxygens (including phenoxy) is 1. The number of Topliss-reactive ketones (excluding diaryl/α,β-unsaturated/α-hetero) is 1. The van der Waals surface area contributed by atoms with E-state index in [0.717, 1.165) is 0 Å². The first kappa shape index (κ1) is 39.9. The lowest BCUT2D eigenvalue weighted by atomic mass is 9.85. The maximum Gasteiger partial charge on any atom is 0.408 e. The molecule has 0 radical (unpaired) electrons. The highest BCUT2D eigenvalue weighted by atomic mass is 16.6. The third kappa shape index (κ3) is 9.39. The van der Waals surface area contributed by atoms with E-state index in [1.54, 1.807) is 86.0 Å². The summed E-state index contributed by atoms with van der Waals surface area (Å²) in [7, 11) is 3.11. The lowest BCUT2D eigenvalue weighted by molar-refractivity contribution is -0.145. The van der Waals surface area contributed by atoms with Gasteiger partial charge in [-0.3, -0.25) is 28.8 Å². The molecular formula is C36H54N6O8. The van der Waals surface area contributed by atoms with E-state index in [9.17, 15) is 33.6 Å². The fraction of sp³-hybridized carbons (Fsp3) is 0.639. The van der Waals surface area contributed by atoms with Crippen LogP contribution < -0.4 is 21.3 Å². The number of carbonyl (C=O) groups is 7. The highest BCUT2D eigenvalue weighted by Crippen LogP contribution is 2.65. The Kier molecular flexibility index (Phi) is 12.8. The molecule has 1 aliphatic heterocycles. The van der Waals surface area contributed by atoms with Gasteiger partial charge >= 0.3 is 6.09 Å². The Morgan fingerprint density at radius 2 is 1.60 bits per heavy atom. The molecule has 1 saturated heterocycles. The van der Waals surface area contributed by atoms with Gasteiger partial charge in [0.2, 0.25) is 29.4 Å². The van der Waals surface area contributed by atoms with Gasteiger partial charge in [-0.05, 0) is 48.5 Å². The number of likely N-dealkylation sites (tertiary alicyclic amines) is 1. The summed E-state index contributed by atoms with van der Waals surface area (Å²) in [4.78, 5) is 95.3. The zero-order chi connectivity index (χ0) is 37.7. The molecule has 6 atom stereocenters. The summed E-state index contributed by atoms with van der Waals surface area (Å²) >= 11 is 0. The Morgan fingerprint density at radius 1 is 0.980 bits per heavy atom. The van der Waals surface area contributed by atoms with E-state index in [4.69, 9.17) is 4.74 Å². The maximum atomic E-state index is 14.0. The second-order valence-electron chi connectivity index (χ2n) is 15.3. The zero-order valence-corrected chi connectivity index (χ0v) is 30.9. The minimum Gasteiger partial charge on any atom is -0.447 e. The summed E-state index contributed by atoms with van der Waals surface area (Å²) < 4.78 is 5.23. The van der Waals surface area contributed by atoms with Gasteiger partial charge in [0.25, 0.3) is 5.91 Å². The van der Waals surface area contributed by atoms with E-state index in [2.05, 4.69) is 21.3 Å². The molecule has 0 aromatic heterocycles. The van der Waals surface area contributed by atoms with Crippen LogP contribution in [0.3, 0.4) is 0 Å². The van der Waals surface area contributed by atoms with Crippen LogP contribution >= 0.6 is 0 Å². The van der Waals surface area contributed by atoms with E-state index >= 15 is 0 Å². The van der Waals surface area contributed by atoms with E-state index in [0.29, 0.717) is 18.5 Å². The van der Waals surface area contributed by atoms with Gasteiger partial charge < -0.3 is 35.8 Å². The van der Waals surface area contributed by atoms with Crippen LogP contribution in [0.25, 0.3) is 0 Å². The highest BCUT2D eigenvalue weighted by molar-refractivity contribution is 6.38. The summed E-state index contributed by atoms with van der Waals surface area (Å²) in [5.41, 5.74) is -0.406. The summed E-state index contributed by atoms with van der Waals surface area (Å²) in [6, 6.07) is 4.48. The second-order valence-corrected chi connectivity index (χ2v) is 15.3. The third-order valence-corrected chi connectivity index (χ3v) is 9.45. The van der Waals surface area contributed by atoms with Crippen molar-refractivity contribution in [2.75, 3.05) is 27.2 Å². The number of hydrogen-bond acceptors (Lipinski definition) is 8. The predicted octanol–water partition coefficient (Wildman–Crippen LogP) is 1.93. The molecule has 1 unspecified atom stereocenters. The van der Waals surface area contributed by atoms with E-state index in [1.807, 2.05) is 13.8 Å². The van der Waals surface area contributed by atoms with Gasteiger partial charge in [-0.1, -0.05) is 78.3 Å². The normalized spacial score (nSPS) is 20.8. The Balaban J connectivity index is 1.72. The molecule has 1 aromatic rings. The Morgan fingerprint density at radius 3 is 2.14 bits per heavy atom. The Hall–Kier alpha value is -4.49. The Labute approximate surface area is 294 Å². The van der Waals surface area contributed by atoms with Crippen LogP contribution in [0.1, 0.15) is 79.8 Å². The number of benzene rings is 1. The van der Waals surface area contributed by atoms with Gasteiger partial charge in [0.15, 0.2) is 0 Å². The van der Waals surface area contributed by atoms with Crippen molar-refractivity contribution in [1.29, 1.82) is 0 Å². The lowest BCUT2D eigenvalue weighted by Crippen LogP contribution is -2.60. The van der Waals surface area contributed by atoms with E-state index in [-0.39, 0.29) is 29.6 Å². The number of fused-ring (bicyclic) bond motifs is 1. The fourth-order valence-corrected chi connectivity index (χ4v) is 6.62. The maximum absolute atomic E-state index is 14.0. The Bertz CT molecular complexity index is 1450. The molecule has 4 N–H and O–H groups in total. The number of nitrogens with zero attached hydrogens (tertiary/aromatic N) is 2. The van der Waals surface area contributed by atoms with Crippen molar-refractivity contribution in [3.63, 3.8) is 0 Å². The van der Waals surface area contributed by atoms with Crippen LogP contribution in [0.2, 0.25) is 0 Å². The number of ketones is 1. The van der Waals surface area contributed by atoms with Crippen LogP contribution in [0.5, 0.6) is 0 Å². The quantitative estimate of drug-likeness (QED) is 0.213. The first-order chi connectivity index (χ1) is 23.2. The first-order valence-corrected chi connectivity index (χ1v) is 17.2. The number of rotatable bonds is 14.